The van der Waals surface area contributed by atoms with Gasteiger partial charge in [0.1, 0.15) is 0 Å². The van der Waals surface area contributed by atoms with Crippen molar-refractivity contribution in [3.63, 3.8) is 0 Å². The fraction of sp³-hybridized carbons (Fsp3) is 0.156. The van der Waals surface area contributed by atoms with Crippen molar-refractivity contribution in [1.29, 1.82) is 0 Å². The molecule has 0 amide bonds. The van der Waals surface area contributed by atoms with E-state index in [-0.39, 0.29) is 6.04 Å². The van der Waals surface area contributed by atoms with Crippen molar-refractivity contribution in [2.24, 2.45) is 9.98 Å². The van der Waals surface area contributed by atoms with Crippen LogP contribution >= 0.6 is 0 Å². The zero-order valence-electron chi connectivity index (χ0n) is 28.6. The Hall–Kier alpha value is -5.54. The summed E-state index contributed by atoms with van der Waals surface area (Å²) in [6, 6.07) is 48.0. The molecule has 7 rings (SSSR count). The average molecular weight is 624 g/mol. The number of rotatable bonds is 6. The molecule has 1 unspecified atom stereocenters. The van der Waals surface area contributed by atoms with Crippen LogP contribution in [0.3, 0.4) is 0 Å². The molecule has 1 aromatic heterocycles. The van der Waals surface area contributed by atoms with Crippen molar-refractivity contribution in [2.45, 2.75) is 47.6 Å². The second-order valence-corrected chi connectivity index (χ2v) is 13.1. The Bertz CT molecular complexity index is 2300. The van der Waals surface area contributed by atoms with E-state index in [2.05, 4.69) is 180 Å². The Labute approximate surface area is 284 Å². The van der Waals surface area contributed by atoms with Gasteiger partial charge in [-0.3, -0.25) is 4.99 Å². The summed E-state index contributed by atoms with van der Waals surface area (Å²) < 4.78 is 2.36. The number of nitrogens with zero attached hydrogens (tertiary/aromatic N) is 3. The molecular formula is C45H41N3. The van der Waals surface area contributed by atoms with Crippen molar-refractivity contribution in [1.82, 2.24) is 4.57 Å². The summed E-state index contributed by atoms with van der Waals surface area (Å²) in [5, 5.41) is 2.38. The third-order valence-corrected chi connectivity index (χ3v) is 9.10. The lowest BCUT2D eigenvalue weighted by atomic mass is 10.0. The van der Waals surface area contributed by atoms with Crippen LogP contribution in [0, 0.1) is 27.7 Å². The van der Waals surface area contributed by atoms with Gasteiger partial charge in [0.25, 0.3) is 0 Å². The molecule has 0 saturated carbocycles. The van der Waals surface area contributed by atoms with Gasteiger partial charge in [0.2, 0.25) is 0 Å². The maximum absolute atomic E-state index is 5.35. The molecule has 3 heteroatoms. The molecule has 0 aliphatic heterocycles. The van der Waals surface area contributed by atoms with Crippen LogP contribution < -0.4 is 0 Å². The predicted octanol–water partition coefficient (Wildman–Crippen LogP) is 11.7. The summed E-state index contributed by atoms with van der Waals surface area (Å²) in [4.78, 5) is 10.6. The molecular weight excluding hydrogens is 583 g/mol. The molecule has 0 aliphatic carbocycles. The zero-order chi connectivity index (χ0) is 33.4. The van der Waals surface area contributed by atoms with Gasteiger partial charge in [-0.1, -0.05) is 113 Å². The standard InChI is InChI=1S/C45H41N3/c1-29-21-30(2)24-38(23-29)33(5)46-45(47-34(6)39-25-31(3)22-32(4)26-39)37-18-20-44-42(28-37)41-27-36(35-13-9-7-10-14-35)17-19-43(41)48(44)40-15-11-8-12-16-40/h7-28,33H,1-6H3. The first-order valence-corrected chi connectivity index (χ1v) is 16.7. The summed E-state index contributed by atoms with van der Waals surface area (Å²) in [5.41, 5.74) is 15.1. The number of benzene rings is 6. The van der Waals surface area contributed by atoms with Gasteiger partial charge in [0, 0.05) is 27.7 Å². The quantitative estimate of drug-likeness (QED) is 0.130. The normalized spacial score (nSPS) is 13.0. The number of amidine groups is 1. The van der Waals surface area contributed by atoms with E-state index in [1.54, 1.807) is 0 Å². The van der Waals surface area contributed by atoms with E-state index in [9.17, 15) is 0 Å². The van der Waals surface area contributed by atoms with E-state index < -0.39 is 0 Å². The van der Waals surface area contributed by atoms with Crippen molar-refractivity contribution in [2.75, 3.05) is 0 Å². The lowest BCUT2D eigenvalue weighted by molar-refractivity contribution is 0.815. The van der Waals surface area contributed by atoms with E-state index in [1.165, 1.54) is 55.2 Å². The van der Waals surface area contributed by atoms with Crippen molar-refractivity contribution in [3.8, 4) is 16.8 Å². The van der Waals surface area contributed by atoms with E-state index in [1.807, 2.05) is 0 Å². The van der Waals surface area contributed by atoms with Gasteiger partial charge in [-0.05, 0) is 106 Å². The summed E-state index contributed by atoms with van der Waals surface area (Å²) >= 11 is 0. The van der Waals surface area contributed by atoms with Gasteiger partial charge >= 0.3 is 0 Å². The molecule has 3 nitrogen and oxygen atoms in total. The van der Waals surface area contributed by atoms with Gasteiger partial charge in [-0.2, -0.15) is 0 Å². The highest BCUT2D eigenvalue weighted by Crippen LogP contribution is 2.36. The SMILES string of the molecule is CC(=NC(=NC(C)c1cc(C)cc(C)c1)c1ccc2c(c1)c1cc(-c3ccccc3)ccc1n2-c1ccccc1)c1cc(C)cc(C)c1. The molecule has 236 valence electrons. The first-order valence-electron chi connectivity index (χ1n) is 16.7. The Morgan fingerprint density at radius 2 is 1.10 bits per heavy atom. The van der Waals surface area contributed by atoms with Crippen molar-refractivity contribution < 1.29 is 0 Å². The molecule has 1 heterocycles. The highest BCUT2D eigenvalue weighted by Gasteiger charge is 2.17. The number of hydrogen-bond acceptors (Lipinski definition) is 1. The molecule has 0 saturated heterocycles. The molecule has 0 bridgehead atoms. The molecule has 0 aliphatic rings. The summed E-state index contributed by atoms with van der Waals surface area (Å²) in [5.74, 6) is 0.736. The Morgan fingerprint density at radius 3 is 1.75 bits per heavy atom. The minimum absolute atomic E-state index is 0.0690. The van der Waals surface area contributed by atoms with E-state index in [0.29, 0.717) is 0 Å². The third kappa shape index (κ3) is 6.24. The lowest BCUT2D eigenvalue weighted by Gasteiger charge is -2.13. The largest absolute Gasteiger partial charge is 0.309 e. The molecule has 0 N–H and O–H groups in total. The predicted molar refractivity (Wildman–Crippen MR) is 205 cm³/mol. The molecule has 0 radical (unpaired) electrons. The number of aliphatic imine (C=N–C) groups is 2. The fourth-order valence-electron chi connectivity index (χ4n) is 6.91. The third-order valence-electron chi connectivity index (χ3n) is 9.10. The Morgan fingerprint density at radius 1 is 0.542 bits per heavy atom. The summed E-state index contributed by atoms with van der Waals surface area (Å²) in [6.45, 7) is 12.8. The van der Waals surface area contributed by atoms with Crippen LogP contribution in [0.15, 0.2) is 143 Å². The second-order valence-electron chi connectivity index (χ2n) is 13.1. The molecule has 0 spiro atoms. The Balaban J connectivity index is 1.46. The smallest absolute Gasteiger partial charge is 0.155 e. The van der Waals surface area contributed by atoms with Crippen molar-refractivity contribution >= 4 is 33.4 Å². The number of aryl methyl sites for hydroxylation is 4. The van der Waals surface area contributed by atoms with Crippen LogP contribution in [0.25, 0.3) is 38.6 Å². The number of aromatic nitrogens is 1. The molecule has 48 heavy (non-hydrogen) atoms. The van der Waals surface area contributed by atoms with Gasteiger partial charge < -0.3 is 4.57 Å². The summed E-state index contributed by atoms with van der Waals surface area (Å²) in [7, 11) is 0. The first-order chi connectivity index (χ1) is 23.2. The van der Waals surface area contributed by atoms with E-state index in [4.69, 9.17) is 9.98 Å². The number of fused-ring (bicyclic) bond motifs is 3. The second kappa shape index (κ2) is 12.9. The number of para-hydroxylation sites is 1. The van der Waals surface area contributed by atoms with Crippen LogP contribution in [-0.2, 0) is 0 Å². The van der Waals surface area contributed by atoms with Gasteiger partial charge in [0.05, 0.1) is 17.1 Å². The highest BCUT2D eigenvalue weighted by molar-refractivity contribution is 6.16. The minimum Gasteiger partial charge on any atom is -0.309 e. The zero-order valence-corrected chi connectivity index (χ0v) is 28.6. The van der Waals surface area contributed by atoms with Gasteiger partial charge in [-0.15, -0.1) is 0 Å². The Kier molecular flexibility index (Phi) is 8.37. The lowest BCUT2D eigenvalue weighted by Crippen LogP contribution is -2.07. The highest BCUT2D eigenvalue weighted by atomic mass is 15.0. The molecule has 1 atom stereocenters. The average Bonchev–Trinajstić information content (AvgIpc) is 3.41. The van der Waals surface area contributed by atoms with Crippen LogP contribution in [0.1, 0.15) is 58.8 Å². The van der Waals surface area contributed by atoms with Crippen LogP contribution in [-0.4, -0.2) is 16.1 Å². The van der Waals surface area contributed by atoms with E-state index in [0.717, 1.165) is 33.9 Å². The van der Waals surface area contributed by atoms with Crippen molar-refractivity contribution in [3.05, 3.63) is 172 Å². The topological polar surface area (TPSA) is 29.6 Å². The van der Waals surface area contributed by atoms with Crippen LogP contribution in [0.2, 0.25) is 0 Å². The monoisotopic (exact) mass is 623 g/mol. The maximum Gasteiger partial charge on any atom is 0.155 e. The van der Waals surface area contributed by atoms with Crippen LogP contribution in [0.5, 0.6) is 0 Å². The van der Waals surface area contributed by atoms with Gasteiger partial charge in [-0.25, -0.2) is 4.99 Å². The minimum atomic E-state index is -0.0690. The molecule has 6 aromatic carbocycles. The molecule has 0 fully saturated rings. The van der Waals surface area contributed by atoms with Gasteiger partial charge in [0.15, 0.2) is 5.84 Å². The van der Waals surface area contributed by atoms with Crippen LogP contribution in [0.4, 0.5) is 0 Å². The molecule has 7 aromatic rings. The fourth-order valence-corrected chi connectivity index (χ4v) is 6.91. The summed E-state index contributed by atoms with van der Waals surface area (Å²) in [6.07, 6.45) is 0. The first kappa shape index (κ1) is 31.1. The van der Waals surface area contributed by atoms with E-state index >= 15 is 0 Å². The number of hydrogen-bond donors (Lipinski definition) is 0. The maximum atomic E-state index is 5.35.